The van der Waals surface area contributed by atoms with Crippen molar-refractivity contribution in [3.8, 4) is 0 Å². The maximum Gasteiger partial charge on any atom is 0.244 e. The van der Waals surface area contributed by atoms with Crippen molar-refractivity contribution in [1.29, 1.82) is 0 Å². The van der Waals surface area contributed by atoms with E-state index in [1.807, 2.05) is 0 Å². The SMILES string of the molecule is Cc1nn(CCO)c(C)c1S(=O)(=O)NCC1CCCC1. The highest BCUT2D eigenvalue weighted by Gasteiger charge is 2.26. The van der Waals surface area contributed by atoms with E-state index < -0.39 is 10.0 Å². The van der Waals surface area contributed by atoms with E-state index in [9.17, 15) is 8.42 Å². The van der Waals surface area contributed by atoms with Crippen LogP contribution in [0, 0.1) is 19.8 Å². The van der Waals surface area contributed by atoms with Gasteiger partial charge in [-0.3, -0.25) is 4.68 Å². The van der Waals surface area contributed by atoms with Gasteiger partial charge >= 0.3 is 0 Å². The average Bonchev–Trinajstić information content (AvgIpc) is 2.97. The van der Waals surface area contributed by atoms with Crippen molar-refractivity contribution in [3.63, 3.8) is 0 Å². The van der Waals surface area contributed by atoms with Crippen LogP contribution in [0.1, 0.15) is 37.1 Å². The van der Waals surface area contributed by atoms with E-state index in [1.54, 1.807) is 18.5 Å². The molecule has 2 N–H and O–H groups in total. The topological polar surface area (TPSA) is 84.2 Å². The summed E-state index contributed by atoms with van der Waals surface area (Å²) in [6, 6.07) is 0. The summed E-state index contributed by atoms with van der Waals surface area (Å²) in [6.45, 7) is 4.17. The standard InChI is InChI=1S/C13H23N3O3S/c1-10-13(11(2)16(15-10)7-8-17)20(18,19)14-9-12-5-3-4-6-12/h12,14,17H,3-9H2,1-2H3. The molecule has 6 nitrogen and oxygen atoms in total. The van der Waals surface area contributed by atoms with Crippen molar-refractivity contribution < 1.29 is 13.5 Å². The maximum absolute atomic E-state index is 12.4. The Hall–Kier alpha value is -0.920. The molecule has 0 spiro atoms. The summed E-state index contributed by atoms with van der Waals surface area (Å²) in [5.74, 6) is 0.456. The summed E-state index contributed by atoms with van der Waals surface area (Å²) in [5.41, 5.74) is 1.06. The van der Waals surface area contributed by atoms with Crippen LogP contribution in [0.25, 0.3) is 0 Å². The van der Waals surface area contributed by atoms with Crippen LogP contribution in [-0.4, -0.2) is 36.5 Å². The Morgan fingerprint density at radius 3 is 2.60 bits per heavy atom. The fourth-order valence-electron chi connectivity index (χ4n) is 2.90. The molecule has 1 heterocycles. The molecule has 0 aromatic carbocycles. The first kappa shape index (κ1) is 15.5. The van der Waals surface area contributed by atoms with Gasteiger partial charge in [0.1, 0.15) is 4.90 Å². The summed E-state index contributed by atoms with van der Waals surface area (Å²) in [6.07, 6.45) is 4.59. The van der Waals surface area contributed by atoms with Crippen LogP contribution in [0.3, 0.4) is 0 Å². The smallest absolute Gasteiger partial charge is 0.244 e. The zero-order valence-corrected chi connectivity index (χ0v) is 12.9. The third kappa shape index (κ3) is 3.21. The Labute approximate surface area is 120 Å². The fraction of sp³-hybridized carbons (Fsp3) is 0.769. The van der Waals surface area contributed by atoms with Gasteiger partial charge in [0.25, 0.3) is 0 Å². The van der Waals surface area contributed by atoms with Crippen molar-refractivity contribution >= 4 is 10.0 Å². The highest BCUT2D eigenvalue weighted by Crippen LogP contribution is 2.25. The molecular formula is C13H23N3O3S. The van der Waals surface area contributed by atoms with Gasteiger partial charge in [0.15, 0.2) is 0 Å². The lowest BCUT2D eigenvalue weighted by molar-refractivity contribution is 0.267. The van der Waals surface area contributed by atoms with Gasteiger partial charge in [0, 0.05) is 6.54 Å². The fourth-order valence-corrected chi connectivity index (χ4v) is 4.42. The second-order valence-electron chi connectivity index (χ2n) is 5.45. The first-order valence-electron chi connectivity index (χ1n) is 7.10. The van der Waals surface area contributed by atoms with E-state index in [0.717, 1.165) is 12.8 Å². The van der Waals surface area contributed by atoms with Crippen LogP contribution in [0.15, 0.2) is 4.90 Å². The summed E-state index contributed by atoms with van der Waals surface area (Å²) < 4.78 is 29.1. The molecule has 0 amide bonds. The Bertz CT molecular complexity index is 560. The van der Waals surface area contributed by atoms with Gasteiger partial charge < -0.3 is 5.11 Å². The van der Waals surface area contributed by atoms with Crippen LogP contribution in [0.4, 0.5) is 0 Å². The van der Waals surface area contributed by atoms with E-state index in [2.05, 4.69) is 9.82 Å². The molecule has 0 bridgehead atoms. The summed E-state index contributed by atoms with van der Waals surface area (Å²) in [7, 11) is -3.52. The number of aliphatic hydroxyl groups is 1. The number of nitrogens with zero attached hydrogens (tertiary/aromatic N) is 2. The van der Waals surface area contributed by atoms with Crippen LogP contribution < -0.4 is 4.72 Å². The maximum atomic E-state index is 12.4. The van der Waals surface area contributed by atoms with E-state index >= 15 is 0 Å². The van der Waals surface area contributed by atoms with Crippen molar-refractivity contribution in [3.05, 3.63) is 11.4 Å². The van der Waals surface area contributed by atoms with E-state index in [1.165, 1.54) is 12.8 Å². The molecule has 1 fully saturated rings. The normalized spacial score (nSPS) is 16.9. The minimum atomic E-state index is -3.52. The van der Waals surface area contributed by atoms with Gasteiger partial charge in [0.05, 0.1) is 24.5 Å². The Morgan fingerprint density at radius 2 is 2.00 bits per heavy atom. The number of aromatic nitrogens is 2. The minimum Gasteiger partial charge on any atom is -0.394 e. The van der Waals surface area contributed by atoms with Crippen molar-refractivity contribution in [1.82, 2.24) is 14.5 Å². The highest BCUT2D eigenvalue weighted by atomic mass is 32.2. The molecule has 7 heteroatoms. The molecule has 1 aliphatic carbocycles. The quantitative estimate of drug-likeness (QED) is 0.819. The molecule has 0 radical (unpaired) electrons. The van der Waals surface area contributed by atoms with Gasteiger partial charge in [0.2, 0.25) is 10.0 Å². The zero-order valence-electron chi connectivity index (χ0n) is 12.1. The lowest BCUT2D eigenvalue weighted by Crippen LogP contribution is -2.29. The van der Waals surface area contributed by atoms with Crippen molar-refractivity contribution in [2.45, 2.75) is 51.0 Å². The number of hydrogen-bond acceptors (Lipinski definition) is 4. The molecule has 114 valence electrons. The lowest BCUT2D eigenvalue weighted by atomic mass is 10.1. The first-order chi connectivity index (χ1) is 9.45. The lowest BCUT2D eigenvalue weighted by Gasteiger charge is -2.11. The molecule has 1 aromatic heterocycles. The number of aliphatic hydroxyl groups excluding tert-OH is 1. The van der Waals surface area contributed by atoms with E-state index in [-0.39, 0.29) is 11.5 Å². The van der Waals surface area contributed by atoms with Crippen LogP contribution >= 0.6 is 0 Å². The monoisotopic (exact) mass is 301 g/mol. The van der Waals surface area contributed by atoms with Gasteiger partial charge in [-0.05, 0) is 32.6 Å². The van der Waals surface area contributed by atoms with E-state index in [0.29, 0.717) is 30.4 Å². The molecule has 1 aromatic rings. The highest BCUT2D eigenvalue weighted by molar-refractivity contribution is 7.89. The molecule has 0 atom stereocenters. The van der Waals surface area contributed by atoms with Crippen LogP contribution in [-0.2, 0) is 16.6 Å². The Balaban J connectivity index is 2.15. The molecule has 0 saturated heterocycles. The third-order valence-corrected chi connectivity index (χ3v) is 5.61. The molecular weight excluding hydrogens is 278 g/mol. The number of hydrogen-bond donors (Lipinski definition) is 2. The molecule has 0 aliphatic heterocycles. The average molecular weight is 301 g/mol. The molecule has 0 unspecified atom stereocenters. The van der Waals surface area contributed by atoms with Gasteiger partial charge in [-0.2, -0.15) is 5.10 Å². The Kier molecular flexibility index (Phi) is 4.82. The largest absolute Gasteiger partial charge is 0.394 e. The molecule has 1 saturated carbocycles. The van der Waals surface area contributed by atoms with Gasteiger partial charge in [-0.1, -0.05) is 12.8 Å². The number of aryl methyl sites for hydroxylation is 1. The van der Waals surface area contributed by atoms with E-state index in [4.69, 9.17) is 5.11 Å². The van der Waals surface area contributed by atoms with Gasteiger partial charge in [-0.15, -0.1) is 0 Å². The zero-order chi connectivity index (χ0) is 14.8. The van der Waals surface area contributed by atoms with Crippen LogP contribution in [0.5, 0.6) is 0 Å². The first-order valence-corrected chi connectivity index (χ1v) is 8.58. The second kappa shape index (κ2) is 6.24. The summed E-state index contributed by atoms with van der Waals surface area (Å²) >= 11 is 0. The molecule has 20 heavy (non-hydrogen) atoms. The number of rotatable bonds is 6. The summed E-state index contributed by atoms with van der Waals surface area (Å²) in [5, 5.41) is 13.2. The summed E-state index contributed by atoms with van der Waals surface area (Å²) in [4.78, 5) is 0.254. The van der Waals surface area contributed by atoms with Gasteiger partial charge in [-0.25, -0.2) is 13.1 Å². The van der Waals surface area contributed by atoms with Crippen molar-refractivity contribution in [2.24, 2.45) is 5.92 Å². The second-order valence-corrected chi connectivity index (χ2v) is 7.15. The predicted octanol–water partition coefficient (Wildman–Crippen LogP) is 0.961. The number of nitrogens with one attached hydrogen (secondary N) is 1. The number of sulfonamides is 1. The third-order valence-electron chi connectivity index (χ3n) is 3.93. The Morgan fingerprint density at radius 1 is 1.35 bits per heavy atom. The van der Waals surface area contributed by atoms with Crippen LogP contribution in [0.2, 0.25) is 0 Å². The minimum absolute atomic E-state index is 0.0586. The molecule has 2 rings (SSSR count). The predicted molar refractivity (Wildman–Crippen MR) is 75.9 cm³/mol. The van der Waals surface area contributed by atoms with Crippen molar-refractivity contribution in [2.75, 3.05) is 13.2 Å². The molecule has 1 aliphatic rings.